The maximum Gasteiger partial charge on any atom is 0.160 e. The molecule has 3 nitrogen and oxygen atoms in total. The first kappa shape index (κ1) is 30.3. The first-order valence-electron chi connectivity index (χ1n) is 17.8. The Morgan fingerprint density at radius 2 is 0.962 bits per heavy atom. The van der Waals surface area contributed by atoms with Gasteiger partial charge in [0, 0.05) is 32.9 Å². The molecule has 3 heteroatoms. The summed E-state index contributed by atoms with van der Waals surface area (Å²) >= 11 is 0. The molecule has 0 bridgehead atoms. The minimum Gasteiger partial charge on any atom is -0.456 e. The molecule has 0 aliphatic heterocycles. The van der Waals surface area contributed by atoms with E-state index in [0.717, 1.165) is 50.0 Å². The van der Waals surface area contributed by atoms with E-state index in [1.807, 2.05) is 24.3 Å². The second-order valence-corrected chi connectivity index (χ2v) is 14.2. The van der Waals surface area contributed by atoms with E-state index in [4.69, 9.17) is 14.4 Å². The molecule has 1 aliphatic rings. The summed E-state index contributed by atoms with van der Waals surface area (Å²) in [7, 11) is 0. The van der Waals surface area contributed by atoms with Gasteiger partial charge in [0.05, 0.1) is 11.4 Å². The summed E-state index contributed by atoms with van der Waals surface area (Å²) in [5.41, 5.74) is 16.6. The Morgan fingerprint density at radius 3 is 1.73 bits per heavy atom. The highest BCUT2D eigenvalue weighted by molar-refractivity contribution is 6.05. The predicted octanol–water partition coefficient (Wildman–Crippen LogP) is 13.0. The van der Waals surface area contributed by atoms with E-state index in [1.54, 1.807) is 0 Å². The van der Waals surface area contributed by atoms with Gasteiger partial charge in [-0.1, -0.05) is 159 Å². The molecular formula is C49H34N2O. The smallest absolute Gasteiger partial charge is 0.160 e. The molecule has 1 aliphatic carbocycles. The lowest BCUT2D eigenvalue weighted by atomic mass is 9.79. The van der Waals surface area contributed by atoms with Crippen molar-refractivity contribution in [3.63, 3.8) is 0 Å². The predicted molar refractivity (Wildman–Crippen MR) is 214 cm³/mol. The van der Waals surface area contributed by atoms with Crippen molar-refractivity contribution in [2.75, 3.05) is 0 Å². The van der Waals surface area contributed by atoms with Gasteiger partial charge in [-0.2, -0.15) is 0 Å². The molecule has 7 aromatic carbocycles. The number of rotatable bonds is 5. The quantitative estimate of drug-likeness (QED) is 0.183. The van der Waals surface area contributed by atoms with Gasteiger partial charge in [-0.05, 0) is 68.8 Å². The van der Waals surface area contributed by atoms with E-state index < -0.39 is 0 Å². The van der Waals surface area contributed by atoms with Crippen molar-refractivity contribution in [1.29, 1.82) is 0 Å². The topological polar surface area (TPSA) is 38.9 Å². The zero-order valence-electron chi connectivity index (χ0n) is 29.0. The monoisotopic (exact) mass is 666 g/mol. The van der Waals surface area contributed by atoms with Crippen LogP contribution in [0.15, 0.2) is 174 Å². The summed E-state index contributed by atoms with van der Waals surface area (Å²) in [6.07, 6.45) is 0. The summed E-state index contributed by atoms with van der Waals surface area (Å²) in [5, 5.41) is 2.19. The molecule has 0 amide bonds. The van der Waals surface area contributed by atoms with Crippen LogP contribution in [0.1, 0.15) is 25.0 Å². The number of fused-ring (bicyclic) bond motifs is 6. The van der Waals surface area contributed by atoms with Crippen LogP contribution in [0.5, 0.6) is 0 Å². The molecule has 0 spiro atoms. The zero-order valence-corrected chi connectivity index (χ0v) is 29.0. The summed E-state index contributed by atoms with van der Waals surface area (Å²) in [6, 6.07) is 60.0. The van der Waals surface area contributed by atoms with Crippen molar-refractivity contribution in [2.45, 2.75) is 19.3 Å². The number of nitrogens with zero attached hydrogens (tertiary/aromatic N) is 2. The maximum absolute atomic E-state index is 6.27. The van der Waals surface area contributed by atoms with Crippen molar-refractivity contribution in [3.05, 3.63) is 181 Å². The van der Waals surface area contributed by atoms with Crippen LogP contribution < -0.4 is 0 Å². The van der Waals surface area contributed by atoms with E-state index in [2.05, 4.69) is 159 Å². The van der Waals surface area contributed by atoms with E-state index in [-0.39, 0.29) is 5.41 Å². The van der Waals surface area contributed by atoms with Crippen LogP contribution in [0.3, 0.4) is 0 Å². The van der Waals surface area contributed by atoms with Gasteiger partial charge >= 0.3 is 0 Å². The Balaban J connectivity index is 1.08. The third kappa shape index (κ3) is 4.89. The molecule has 0 unspecified atom stereocenters. The molecule has 2 aromatic heterocycles. The van der Waals surface area contributed by atoms with Crippen molar-refractivity contribution in [3.8, 4) is 67.3 Å². The van der Waals surface area contributed by atoms with E-state index >= 15 is 0 Å². The van der Waals surface area contributed by atoms with Crippen LogP contribution >= 0.6 is 0 Å². The Bertz CT molecular complexity index is 2790. The lowest BCUT2D eigenvalue weighted by molar-refractivity contribution is 0.662. The summed E-state index contributed by atoms with van der Waals surface area (Å²) < 4.78 is 6.27. The maximum atomic E-state index is 6.27. The molecule has 52 heavy (non-hydrogen) atoms. The van der Waals surface area contributed by atoms with Gasteiger partial charge in [-0.25, -0.2) is 9.97 Å². The lowest BCUT2D eigenvalue weighted by Crippen LogP contribution is -2.16. The highest BCUT2D eigenvalue weighted by atomic mass is 16.3. The normalized spacial score (nSPS) is 13.0. The average molecular weight is 667 g/mol. The van der Waals surface area contributed by atoms with E-state index in [0.29, 0.717) is 5.82 Å². The second kappa shape index (κ2) is 11.8. The van der Waals surface area contributed by atoms with Gasteiger partial charge < -0.3 is 4.42 Å². The van der Waals surface area contributed by atoms with Crippen LogP contribution in [-0.4, -0.2) is 9.97 Å². The molecular weight excluding hydrogens is 633 g/mol. The second-order valence-electron chi connectivity index (χ2n) is 14.2. The Kier molecular flexibility index (Phi) is 6.84. The highest BCUT2D eigenvalue weighted by Gasteiger charge is 2.37. The SMILES string of the molecule is CC1(C)c2ccccc2-c2cccc(-c3ccc(-c4cc(-c5ccc(-c6ccccc6)cc5)nc(-c5ccc6c(c5)oc5ccccc56)n4)cc3)c21. The first-order valence-corrected chi connectivity index (χ1v) is 17.8. The number of para-hydroxylation sites is 1. The Morgan fingerprint density at radius 1 is 0.404 bits per heavy atom. The minimum absolute atomic E-state index is 0.0886. The van der Waals surface area contributed by atoms with Gasteiger partial charge in [0.2, 0.25) is 0 Å². The zero-order chi connectivity index (χ0) is 34.8. The Labute approximate surface area is 302 Å². The minimum atomic E-state index is -0.0886. The van der Waals surface area contributed by atoms with Gasteiger partial charge in [-0.15, -0.1) is 0 Å². The fourth-order valence-corrected chi connectivity index (χ4v) is 8.11. The van der Waals surface area contributed by atoms with Crippen molar-refractivity contribution >= 4 is 21.9 Å². The van der Waals surface area contributed by atoms with Crippen LogP contribution in [0, 0.1) is 0 Å². The first-order chi connectivity index (χ1) is 25.5. The van der Waals surface area contributed by atoms with Crippen molar-refractivity contribution in [2.24, 2.45) is 0 Å². The van der Waals surface area contributed by atoms with Crippen LogP contribution in [0.4, 0.5) is 0 Å². The molecule has 0 radical (unpaired) electrons. The van der Waals surface area contributed by atoms with Gasteiger partial charge in [0.1, 0.15) is 11.2 Å². The largest absolute Gasteiger partial charge is 0.456 e. The molecule has 0 fully saturated rings. The molecule has 246 valence electrons. The molecule has 0 saturated heterocycles. The van der Waals surface area contributed by atoms with Gasteiger partial charge in [0.15, 0.2) is 5.82 Å². The third-order valence-electron chi connectivity index (χ3n) is 10.7. The number of hydrogen-bond acceptors (Lipinski definition) is 3. The molecule has 0 saturated carbocycles. The highest BCUT2D eigenvalue weighted by Crippen LogP contribution is 2.52. The van der Waals surface area contributed by atoms with Crippen LogP contribution in [-0.2, 0) is 5.41 Å². The number of hydrogen-bond donors (Lipinski definition) is 0. The van der Waals surface area contributed by atoms with Crippen molar-refractivity contribution < 1.29 is 4.42 Å². The summed E-state index contributed by atoms with van der Waals surface area (Å²) in [4.78, 5) is 10.3. The van der Waals surface area contributed by atoms with E-state index in [1.165, 1.54) is 44.5 Å². The fourth-order valence-electron chi connectivity index (χ4n) is 8.11. The van der Waals surface area contributed by atoms with Crippen LogP contribution in [0.25, 0.3) is 89.2 Å². The third-order valence-corrected chi connectivity index (χ3v) is 10.7. The molecule has 2 heterocycles. The average Bonchev–Trinajstić information content (AvgIpc) is 3.70. The van der Waals surface area contributed by atoms with Gasteiger partial charge in [-0.3, -0.25) is 0 Å². The summed E-state index contributed by atoms with van der Waals surface area (Å²) in [6.45, 7) is 4.68. The van der Waals surface area contributed by atoms with Gasteiger partial charge in [0.25, 0.3) is 0 Å². The fraction of sp³-hybridized carbons (Fsp3) is 0.0612. The van der Waals surface area contributed by atoms with Crippen molar-refractivity contribution in [1.82, 2.24) is 9.97 Å². The summed E-state index contributed by atoms with van der Waals surface area (Å²) in [5.74, 6) is 0.659. The molecule has 0 N–H and O–H groups in total. The lowest BCUT2D eigenvalue weighted by Gasteiger charge is -2.24. The number of furan rings is 1. The molecule has 9 aromatic rings. The standard InChI is InChI=1S/C49H34N2O/c1-49(2)42-17-8-6-13-38(42)41-16-10-15-37(47(41)49)33-21-25-35(26-22-33)44-30-43(34-23-19-32(20-24-34)31-11-4-3-5-12-31)50-48(51-44)36-27-28-40-39-14-7-9-18-45(39)52-46(40)29-36/h3-30H,1-2H3. The molecule has 10 rings (SSSR count). The Hall–Kier alpha value is -6.58. The number of benzene rings is 7. The van der Waals surface area contributed by atoms with E-state index in [9.17, 15) is 0 Å². The number of aromatic nitrogens is 2. The molecule has 0 atom stereocenters. The van der Waals surface area contributed by atoms with Crippen LogP contribution in [0.2, 0.25) is 0 Å².